The Bertz CT molecular complexity index is 653. The number of aliphatic hydroxyl groups excluding tert-OH is 1. The molecular formula is C13H16N2O3S2. The summed E-state index contributed by atoms with van der Waals surface area (Å²) in [7, 11) is -3.54. The van der Waals surface area contributed by atoms with Crippen LogP contribution in [0.5, 0.6) is 0 Å². The van der Waals surface area contributed by atoms with E-state index in [-0.39, 0.29) is 16.9 Å². The van der Waals surface area contributed by atoms with Crippen molar-refractivity contribution in [1.29, 1.82) is 0 Å². The first kappa shape index (κ1) is 15.1. The fraction of sp³-hybridized carbons (Fsp3) is 0.308. The van der Waals surface area contributed by atoms with Gasteiger partial charge >= 0.3 is 0 Å². The normalized spacial score (nSPS) is 13.3. The Morgan fingerprint density at radius 3 is 2.65 bits per heavy atom. The number of aliphatic hydroxyl groups is 1. The smallest absolute Gasteiger partial charge is 0.250 e. The molecule has 108 valence electrons. The number of hydrogen-bond donors (Lipinski definition) is 2. The van der Waals surface area contributed by atoms with E-state index in [4.69, 9.17) is 5.11 Å². The summed E-state index contributed by atoms with van der Waals surface area (Å²) in [6.07, 6.45) is 3.73. The molecule has 2 N–H and O–H groups in total. The predicted molar refractivity (Wildman–Crippen MR) is 78.1 cm³/mol. The number of thiophene rings is 1. The molecule has 0 radical (unpaired) electrons. The third-order valence-corrected chi connectivity index (χ3v) is 5.98. The largest absolute Gasteiger partial charge is 0.396 e. The fourth-order valence-electron chi connectivity index (χ4n) is 1.76. The van der Waals surface area contributed by atoms with Crippen LogP contribution in [0.25, 0.3) is 0 Å². The minimum Gasteiger partial charge on any atom is -0.396 e. The van der Waals surface area contributed by atoms with Crippen molar-refractivity contribution in [3.8, 4) is 0 Å². The second kappa shape index (κ2) is 6.45. The molecule has 7 heteroatoms. The zero-order valence-electron chi connectivity index (χ0n) is 11.0. The van der Waals surface area contributed by atoms with Crippen molar-refractivity contribution in [3.05, 3.63) is 47.1 Å². The number of pyridine rings is 1. The van der Waals surface area contributed by atoms with Crippen molar-refractivity contribution >= 4 is 21.4 Å². The van der Waals surface area contributed by atoms with Crippen LogP contribution in [0.2, 0.25) is 0 Å². The van der Waals surface area contributed by atoms with E-state index in [1.54, 1.807) is 43.6 Å². The lowest BCUT2D eigenvalue weighted by Gasteiger charge is -2.13. The van der Waals surface area contributed by atoms with Gasteiger partial charge in [0, 0.05) is 36.3 Å². The van der Waals surface area contributed by atoms with Crippen LogP contribution in [-0.2, 0) is 16.4 Å². The van der Waals surface area contributed by atoms with Gasteiger partial charge in [0.15, 0.2) is 0 Å². The first-order chi connectivity index (χ1) is 9.53. The van der Waals surface area contributed by atoms with Crippen LogP contribution in [0.1, 0.15) is 23.4 Å². The SMILES string of the molecule is CC(NS(=O)(=O)c1ccc(CCO)s1)c1ccncc1. The molecule has 5 nitrogen and oxygen atoms in total. The monoisotopic (exact) mass is 312 g/mol. The van der Waals surface area contributed by atoms with Crippen LogP contribution in [0.4, 0.5) is 0 Å². The Kier molecular flexibility index (Phi) is 4.87. The molecule has 0 aliphatic carbocycles. The molecule has 2 heterocycles. The third-order valence-electron chi connectivity index (χ3n) is 2.80. The highest BCUT2D eigenvalue weighted by Crippen LogP contribution is 2.23. The maximum atomic E-state index is 12.3. The first-order valence-electron chi connectivity index (χ1n) is 6.15. The summed E-state index contributed by atoms with van der Waals surface area (Å²) in [5.74, 6) is 0. The van der Waals surface area contributed by atoms with Crippen molar-refractivity contribution in [2.75, 3.05) is 6.61 Å². The van der Waals surface area contributed by atoms with Gasteiger partial charge in [-0.15, -0.1) is 11.3 Å². The summed E-state index contributed by atoms with van der Waals surface area (Å²) in [6.45, 7) is 1.80. The molecule has 2 aromatic rings. The van der Waals surface area contributed by atoms with Crippen LogP contribution in [0, 0.1) is 0 Å². The molecule has 0 spiro atoms. The molecule has 20 heavy (non-hydrogen) atoms. The van der Waals surface area contributed by atoms with E-state index in [0.717, 1.165) is 10.4 Å². The van der Waals surface area contributed by atoms with Crippen molar-refractivity contribution in [3.63, 3.8) is 0 Å². The van der Waals surface area contributed by atoms with Crippen LogP contribution in [-0.4, -0.2) is 25.1 Å². The van der Waals surface area contributed by atoms with E-state index in [1.807, 2.05) is 0 Å². The molecular weight excluding hydrogens is 296 g/mol. The zero-order chi connectivity index (χ0) is 14.6. The van der Waals surface area contributed by atoms with Crippen molar-refractivity contribution in [1.82, 2.24) is 9.71 Å². The van der Waals surface area contributed by atoms with Gasteiger partial charge in [0.05, 0.1) is 0 Å². The third kappa shape index (κ3) is 3.63. The van der Waals surface area contributed by atoms with Crippen LogP contribution >= 0.6 is 11.3 Å². The first-order valence-corrected chi connectivity index (χ1v) is 8.45. The maximum absolute atomic E-state index is 12.3. The molecule has 0 aromatic carbocycles. The lowest BCUT2D eigenvalue weighted by molar-refractivity contribution is 0.300. The Morgan fingerprint density at radius 1 is 1.30 bits per heavy atom. The molecule has 1 unspecified atom stereocenters. The number of sulfonamides is 1. The minimum absolute atomic E-state index is 0.0147. The van der Waals surface area contributed by atoms with E-state index in [9.17, 15) is 8.42 Å². The van der Waals surface area contributed by atoms with Gasteiger partial charge in [-0.2, -0.15) is 0 Å². The standard InChI is InChI=1S/C13H16N2O3S2/c1-10(11-4-7-14-8-5-11)15-20(17,18)13-3-2-12(19-13)6-9-16/h2-5,7-8,10,15-16H,6,9H2,1H3. The maximum Gasteiger partial charge on any atom is 0.250 e. The second-order valence-corrected chi connectivity index (χ2v) is 7.43. The molecule has 0 aliphatic rings. The summed E-state index contributed by atoms with van der Waals surface area (Å²) in [4.78, 5) is 4.76. The van der Waals surface area contributed by atoms with Gasteiger partial charge in [0.2, 0.25) is 0 Å². The molecule has 1 atom stereocenters. The second-order valence-electron chi connectivity index (χ2n) is 4.32. The van der Waals surface area contributed by atoms with Gasteiger partial charge in [-0.3, -0.25) is 4.98 Å². The topological polar surface area (TPSA) is 79.3 Å². The summed E-state index contributed by atoms with van der Waals surface area (Å²) >= 11 is 1.18. The molecule has 0 saturated carbocycles. The van der Waals surface area contributed by atoms with E-state index in [2.05, 4.69) is 9.71 Å². The highest BCUT2D eigenvalue weighted by molar-refractivity contribution is 7.91. The molecule has 0 saturated heterocycles. The quantitative estimate of drug-likeness (QED) is 0.851. The Balaban J connectivity index is 2.14. The molecule has 0 bridgehead atoms. The Labute approximate surface area is 122 Å². The highest BCUT2D eigenvalue weighted by atomic mass is 32.2. The zero-order valence-corrected chi connectivity index (χ0v) is 12.6. The summed E-state index contributed by atoms with van der Waals surface area (Å²) in [6, 6.07) is 6.52. The lowest BCUT2D eigenvalue weighted by atomic mass is 10.1. The predicted octanol–water partition coefficient (Wildman–Crippen LogP) is 1.72. The lowest BCUT2D eigenvalue weighted by Crippen LogP contribution is -2.26. The molecule has 0 aliphatic heterocycles. The Hall–Kier alpha value is -1.28. The summed E-state index contributed by atoms with van der Waals surface area (Å²) in [5.41, 5.74) is 0.857. The molecule has 2 rings (SSSR count). The minimum atomic E-state index is -3.54. The van der Waals surface area contributed by atoms with Gasteiger partial charge < -0.3 is 5.11 Å². The molecule has 2 aromatic heterocycles. The van der Waals surface area contributed by atoms with Crippen molar-refractivity contribution < 1.29 is 13.5 Å². The summed E-state index contributed by atoms with van der Waals surface area (Å²) < 4.78 is 27.4. The number of aromatic nitrogens is 1. The van der Waals surface area contributed by atoms with Gasteiger partial charge in [0.25, 0.3) is 10.0 Å². The van der Waals surface area contributed by atoms with Crippen molar-refractivity contribution in [2.24, 2.45) is 0 Å². The van der Waals surface area contributed by atoms with Crippen LogP contribution < -0.4 is 4.72 Å². The van der Waals surface area contributed by atoms with E-state index in [1.165, 1.54) is 11.3 Å². The van der Waals surface area contributed by atoms with Crippen LogP contribution in [0.3, 0.4) is 0 Å². The average molecular weight is 312 g/mol. The number of rotatable bonds is 6. The fourth-order valence-corrected chi connectivity index (χ4v) is 4.35. The van der Waals surface area contributed by atoms with Gasteiger partial charge in [-0.1, -0.05) is 0 Å². The van der Waals surface area contributed by atoms with Crippen LogP contribution in [0.15, 0.2) is 40.9 Å². The van der Waals surface area contributed by atoms with Gasteiger partial charge in [-0.05, 0) is 36.8 Å². The summed E-state index contributed by atoms with van der Waals surface area (Å²) in [5, 5.41) is 8.86. The molecule has 0 amide bonds. The number of nitrogens with one attached hydrogen (secondary N) is 1. The molecule has 0 fully saturated rings. The number of hydrogen-bond acceptors (Lipinski definition) is 5. The number of nitrogens with zero attached hydrogens (tertiary/aromatic N) is 1. The van der Waals surface area contributed by atoms with E-state index in [0.29, 0.717) is 6.42 Å². The van der Waals surface area contributed by atoms with E-state index >= 15 is 0 Å². The average Bonchev–Trinajstić information content (AvgIpc) is 2.89. The van der Waals surface area contributed by atoms with E-state index < -0.39 is 10.0 Å². The Morgan fingerprint density at radius 2 is 2.00 bits per heavy atom. The van der Waals surface area contributed by atoms with Crippen molar-refractivity contribution in [2.45, 2.75) is 23.6 Å². The van der Waals surface area contributed by atoms with Gasteiger partial charge in [0.1, 0.15) is 4.21 Å². The van der Waals surface area contributed by atoms with Gasteiger partial charge in [-0.25, -0.2) is 13.1 Å². The highest BCUT2D eigenvalue weighted by Gasteiger charge is 2.20.